The Morgan fingerprint density at radius 2 is 2.15 bits per heavy atom. The van der Waals surface area contributed by atoms with Crippen molar-refractivity contribution in [3.63, 3.8) is 0 Å². The van der Waals surface area contributed by atoms with Gasteiger partial charge in [-0.15, -0.1) is 0 Å². The Hall–Kier alpha value is -2.08. The van der Waals surface area contributed by atoms with Gasteiger partial charge in [-0.05, 0) is 12.1 Å². The van der Waals surface area contributed by atoms with E-state index >= 15 is 0 Å². The van der Waals surface area contributed by atoms with Crippen LogP contribution in [-0.2, 0) is 19.8 Å². The first-order chi connectivity index (χ1) is 9.62. The molecule has 0 amide bonds. The lowest BCUT2D eigenvalue weighted by Gasteiger charge is -2.41. The molecule has 0 atom stereocenters. The summed E-state index contributed by atoms with van der Waals surface area (Å²) in [6, 6.07) is 3.38. The minimum absolute atomic E-state index is 0.207. The quantitative estimate of drug-likeness (QED) is 0.616. The van der Waals surface area contributed by atoms with E-state index in [0.717, 1.165) is 0 Å². The molecule has 0 unspecified atom stereocenters. The zero-order valence-corrected chi connectivity index (χ0v) is 11.1. The number of fused-ring (bicyclic) bond motifs is 2. The van der Waals surface area contributed by atoms with Gasteiger partial charge in [-0.3, -0.25) is 4.79 Å². The van der Waals surface area contributed by atoms with Crippen LogP contribution in [-0.4, -0.2) is 41.7 Å². The van der Waals surface area contributed by atoms with Gasteiger partial charge < -0.3 is 19.1 Å². The van der Waals surface area contributed by atoms with E-state index in [1.165, 1.54) is 7.11 Å². The number of methoxy groups -OCH3 is 1. The fourth-order valence-corrected chi connectivity index (χ4v) is 3.00. The van der Waals surface area contributed by atoms with E-state index in [2.05, 4.69) is 4.74 Å². The number of allylic oxidation sites excluding steroid dienone is 1. The van der Waals surface area contributed by atoms with Crippen LogP contribution >= 0.6 is 0 Å². The summed E-state index contributed by atoms with van der Waals surface area (Å²) in [5.41, 5.74) is -0.653. The normalized spacial score (nSPS) is 20.9. The molecule has 106 valence electrons. The van der Waals surface area contributed by atoms with E-state index in [0.29, 0.717) is 31.7 Å². The predicted molar refractivity (Wildman–Crippen MR) is 68.5 cm³/mol. The van der Waals surface area contributed by atoms with Crippen molar-refractivity contribution < 1.29 is 24.2 Å². The van der Waals surface area contributed by atoms with Gasteiger partial charge in [-0.1, -0.05) is 0 Å². The van der Waals surface area contributed by atoms with Crippen LogP contribution in [0.25, 0.3) is 0 Å². The van der Waals surface area contributed by atoms with Crippen LogP contribution in [0.1, 0.15) is 23.3 Å². The lowest BCUT2D eigenvalue weighted by molar-refractivity contribution is -0.136. The summed E-state index contributed by atoms with van der Waals surface area (Å²) in [5, 5.41) is 10.6. The van der Waals surface area contributed by atoms with Gasteiger partial charge in [0.15, 0.2) is 0 Å². The number of hydrogen-bond donors (Lipinski definition) is 1. The fraction of sp³-hybridized carbons (Fsp3) is 0.429. The van der Waals surface area contributed by atoms with Crippen molar-refractivity contribution in [3.05, 3.63) is 35.4 Å². The number of aliphatic hydroxyl groups excluding tert-OH is 1. The van der Waals surface area contributed by atoms with Crippen molar-refractivity contribution >= 4 is 11.8 Å². The molecule has 1 aromatic rings. The average Bonchev–Trinajstić information content (AvgIpc) is 2.97. The van der Waals surface area contributed by atoms with Gasteiger partial charge in [0.25, 0.3) is 0 Å². The maximum absolute atomic E-state index is 12.3. The molecule has 1 N–H and O–H groups in total. The second-order valence-corrected chi connectivity index (χ2v) is 4.95. The van der Waals surface area contributed by atoms with E-state index in [1.54, 1.807) is 22.9 Å². The lowest BCUT2D eigenvalue weighted by Crippen LogP contribution is -2.47. The van der Waals surface area contributed by atoms with E-state index in [9.17, 15) is 14.7 Å². The second kappa shape index (κ2) is 4.49. The molecule has 0 bridgehead atoms. The molecule has 0 saturated carbocycles. The highest BCUT2D eigenvalue weighted by molar-refractivity contribution is 6.24. The van der Waals surface area contributed by atoms with E-state index in [4.69, 9.17) is 4.74 Å². The Balaban J connectivity index is 2.23. The van der Waals surface area contributed by atoms with Crippen LogP contribution in [0.5, 0.6) is 0 Å². The average molecular weight is 277 g/mol. The number of ether oxygens (including phenoxy) is 2. The Kier molecular flexibility index (Phi) is 2.90. The lowest BCUT2D eigenvalue weighted by atomic mass is 9.81. The number of aliphatic hydroxyl groups is 1. The van der Waals surface area contributed by atoms with Crippen LogP contribution in [0.15, 0.2) is 29.7 Å². The first-order valence-electron chi connectivity index (χ1n) is 6.44. The fourth-order valence-electron chi connectivity index (χ4n) is 3.00. The monoisotopic (exact) mass is 277 g/mol. The van der Waals surface area contributed by atoms with Gasteiger partial charge in [-0.25, -0.2) is 4.79 Å². The molecule has 2 aliphatic rings. The molecule has 2 aliphatic heterocycles. The Labute approximate surface area is 115 Å². The molecule has 1 fully saturated rings. The van der Waals surface area contributed by atoms with Crippen molar-refractivity contribution in [2.45, 2.75) is 18.4 Å². The summed E-state index contributed by atoms with van der Waals surface area (Å²) in [4.78, 5) is 24.2. The first kappa shape index (κ1) is 12.9. The van der Waals surface area contributed by atoms with E-state index in [1.807, 2.05) is 0 Å². The number of nitrogens with zero attached hydrogens (tertiary/aromatic N) is 1. The molecule has 0 radical (unpaired) electrons. The SMILES string of the molecule is COC(=O)C1=C(O)C2(CCOCC2)n2cccc2C1=O. The zero-order valence-electron chi connectivity index (χ0n) is 11.1. The van der Waals surface area contributed by atoms with Gasteiger partial charge in [0.2, 0.25) is 5.78 Å². The van der Waals surface area contributed by atoms with Crippen molar-refractivity contribution in [1.82, 2.24) is 4.57 Å². The largest absolute Gasteiger partial charge is 0.509 e. The van der Waals surface area contributed by atoms with Crippen LogP contribution in [0.2, 0.25) is 0 Å². The smallest absolute Gasteiger partial charge is 0.345 e. The summed E-state index contributed by atoms with van der Waals surface area (Å²) in [5.74, 6) is -1.51. The number of esters is 1. The number of hydrogen-bond acceptors (Lipinski definition) is 5. The Morgan fingerprint density at radius 1 is 1.45 bits per heavy atom. The molecule has 6 heteroatoms. The summed E-state index contributed by atoms with van der Waals surface area (Å²) in [7, 11) is 1.19. The van der Waals surface area contributed by atoms with Crippen molar-refractivity contribution in [1.29, 1.82) is 0 Å². The number of carbonyl (C=O) groups excluding carboxylic acids is 2. The van der Waals surface area contributed by atoms with E-state index in [-0.39, 0.29) is 11.3 Å². The molecule has 1 saturated heterocycles. The second-order valence-electron chi connectivity index (χ2n) is 4.95. The molecule has 3 heterocycles. The number of carbonyl (C=O) groups is 2. The van der Waals surface area contributed by atoms with E-state index < -0.39 is 17.3 Å². The number of ketones is 1. The molecular formula is C14H15NO5. The van der Waals surface area contributed by atoms with Crippen molar-refractivity contribution in [2.24, 2.45) is 0 Å². The molecule has 3 rings (SSSR count). The molecule has 1 aromatic heterocycles. The Morgan fingerprint density at radius 3 is 2.80 bits per heavy atom. The topological polar surface area (TPSA) is 77.8 Å². The predicted octanol–water partition coefficient (Wildman–Crippen LogP) is 1.18. The van der Waals surface area contributed by atoms with Gasteiger partial charge in [0.1, 0.15) is 16.9 Å². The molecule has 6 nitrogen and oxygen atoms in total. The zero-order chi connectivity index (χ0) is 14.3. The molecular weight excluding hydrogens is 262 g/mol. The van der Waals surface area contributed by atoms with Crippen LogP contribution in [0.4, 0.5) is 0 Å². The first-order valence-corrected chi connectivity index (χ1v) is 6.44. The number of aromatic nitrogens is 1. The molecule has 20 heavy (non-hydrogen) atoms. The van der Waals surface area contributed by atoms with Gasteiger partial charge >= 0.3 is 5.97 Å². The maximum atomic E-state index is 12.3. The third-order valence-electron chi connectivity index (χ3n) is 4.06. The van der Waals surface area contributed by atoms with Gasteiger partial charge in [0, 0.05) is 32.3 Å². The summed E-state index contributed by atoms with van der Waals surface area (Å²) in [6.45, 7) is 0.925. The third-order valence-corrected chi connectivity index (χ3v) is 4.06. The highest BCUT2D eigenvalue weighted by Crippen LogP contribution is 2.42. The molecule has 0 aliphatic carbocycles. The summed E-state index contributed by atoms with van der Waals surface area (Å²) < 4.78 is 11.7. The van der Waals surface area contributed by atoms with Gasteiger partial charge in [-0.2, -0.15) is 0 Å². The van der Waals surface area contributed by atoms with Crippen molar-refractivity contribution in [3.8, 4) is 0 Å². The summed E-state index contributed by atoms with van der Waals surface area (Å²) >= 11 is 0. The van der Waals surface area contributed by atoms with Crippen molar-refractivity contribution in [2.75, 3.05) is 20.3 Å². The minimum atomic E-state index is -0.800. The standard InChI is InChI=1S/C14H15NO5/c1-19-13(18)10-11(16)9-3-2-6-15(9)14(12(10)17)4-7-20-8-5-14/h2-3,6,17H,4-5,7-8H2,1H3. The van der Waals surface area contributed by atoms with Crippen LogP contribution < -0.4 is 0 Å². The highest BCUT2D eigenvalue weighted by Gasteiger charge is 2.48. The van der Waals surface area contributed by atoms with Gasteiger partial charge in [0.05, 0.1) is 12.8 Å². The molecule has 0 aromatic carbocycles. The third kappa shape index (κ3) is 1.54. The van der Waals surface area contributed by atoms with Crippen LogP contribution in [0.3, 0.4) is 0 Å². The number of rotatable bonds is 1. The molecule has 1 spiro atoms. The Bertz CT molecular complexity index is 607. The number of Topliss-reactive ketones (excluding diaryl/α,β-unsaturated/α-hetero) is 1. The maximum Gasteiger partial charge on any atom is 0.345 e. The minimum Gasteiger partial charge on any atom is -0.509 e. The van der Waals surface area contributed by atoms with Crippen LogP contribution in [0, 0.1) is 0 Å². The summed E-state index contributed by atoms with van der Waals surface area (Å²) in [6.07, 6.45) is 2.77. The highest BCUT2D eigenvalue weighted by atomic mass is 16.5.